The Morgan fingerprint density at radius 1 is 1.50 bits per heavy atom. The zero-order chi connectivity index (χ0) is 7.40. The molecule has 0 aromatic rings. The first-order chi connectivity index (χ1) is 4.86. The molecule has 0 aromatic heterocycles. The molecule has 10 heavy (non-hydrogen) atoms. The molecular weight excluding hydrogens is 127 g/mol. The van der Waals surface area contributed by atoms with Gasteiger partial charge >= 0.3 is 0 Å². The molecule has 1 unspecified atom stereocenters. The summed E-state index contributed by atoms with van der Waals surface area (Å²) in [6.07, 6.45) is 2.65. The Kier molecular flexibility index (Phi) is 3.22. The van der Waals surface area contributed by atoms with Gasteiger partial charge in [-0.15, -0.1) is 0 Å². The Morgan fingerprint density at radius 3 is 2.50 bits per heavy atom. The molecule has 1 rings (SSSR count). The van der Waals surface area contributed by atoms with E-state index < -0.39 is 0 Å². The third kappa shape index (κ3) is 2.71. The van der Waals surface area contributed by atoms with Crippen molar-refractivity contribution in [1.82, 2.24) is 0 Å². The molecule has 0 N–H and O–H groups in total. The van der Waals surface area contributed by atoms with Crippen molar-refractivity contribution in [2.24, 2.45) is 0 Å². The van der Waals surface area contributed by atoms with Crippen LogP contribution in [0.5, 0.6) is 0 Å². The molecule has 0 aliphatic carbocycles. The largest absolute Gasteiger partial charge is 0.433 e. The fourth-order valence-electron chi connectivity index (χ4n) is 0.932. The van der Waals surface area contributed by atoms with E-state index in [0.717, 1.165) is 25.9 Å². The van der Waals surface area contributed by atoms with E-state index in [4.69, 9.17) is 9.39 Å². The highest BCUT2D eigenvalue weighted by Gasteiger charge is 2.24. The van der Waals surface area contributed by atoms with Gasteiger partial charge in [-0.05, 0) is 0 Å². The van der Waals surface area contributed by atoms with Gasteiger partial charge in [0.1, 0.15) is 6.10 Å². The lowest BCUT2D eigenvalue weighted by atomic mass is 9.63. The molecule has 1 aliphatic heterocycles. The van der Waals surface area contributed by atoms with Crippen LogP contribution in [0.2, 0.25) is 12.6 Å². The highest BCUT2D eigenvalue weighted by molar-refractivity contribution is 6.51. The van der Waals surface area contributed by atoms with Gasteiger partial charge in [-0.1, -0.05) is 26.5 Å². The molecule has 3 heteroatoms. The van der Waals surface area contributed by atoms with Crippen LogP contribution >= 0.6 is 0 Å². The summed E-state index contributed by atoms with van der Waals surface area (Å²) in [5.74, 6) is 0. The van der Waals surface area contributed by atoms with Gasteiger partial charge in [-0.3, -0.25) is 0 Å². The Morgan fingerprint density at radius 2 is 2.10 bits per heavy atom. The first-order valence-corrected chi connectivity index (χ1v) is 4.10. The smallest absolute Gasteiger partial charge is 0.292 e. The maximum Gasteiger partial charge on any atom is 0.292 e. The average Bonchev–Trinajstić information content (AvgIpc) is 2.74. The molecule has 1 aliphatic rings. The van der Waals surface area contributed by atoms with E-state index in [-0.39, 0.29) is 0 Å². The number of rotatable bonds is 5. The Bertz CT molecular complexity index is 89.6. The summed E-state index contributed by atoms with van der Waals surface area (Å²) in [5, 5.41) is 0. The summed E-state index contributed by atoms with van der Waals surface area (Å²) >= 11 is 0. The number of epoxide rings is 1. The van der Waals surface area contributed by atoms with Crippen LogP contribution in [-0.2, 0) is 9.39 Å². The second kappa shape index (κ2) is 3.99. The van der Waals surface area contributed by atoms with Crippen LogP contribution in [0.25, 0.3) is 0 Å². The minimum atomic E-state index is 0.417. The quantitative estimate of drug-likeness (QED) is 0.427. The molecule has 1 fully saturated rings. The molecule has 1 saturated heterocycles. The maximum atomic E-state index is 5.54. The van der Waals surface area contributed by atoms with Crippen LogP contribution in [0, 0.1) is 0 Å². The summed E-state index contributed by atoms with van der Waals surface area (Å²) in [4.78, 5) is 0. The Labute approximate surface area is 63.0 Å². The van der Waals surface area contributed by atoms with Crippen LogP contribution in [-0.4, -0.2) is 26.2 Å². The normalized spacial score (nSPS) is 22.8. The molecule has 0 aromatic carbocycles. The second-order valence-electron chi connectivity index (χ2n) is 2.73. The minimum Gasteiger partial charge on any atom is -0.433 e. The van der Waals surface area contributed by atoms with Crippen molar-refractivity contribution in [1.29, 1.82) is 0 Å². The summed E-state index contributed by atoms with van der Waals surface area (Å²) < 4.78 is 10.6. The number of hydrogen-bond donors (Lipinski definition) is 0. The fraction of sp³-hybridized carbons (Fsp3) is 1.00. The van der Waals surface area contributed by atoms with Gasteiger partial charge in [0, 0.05) is 0 Å². The first kappa shape index (κ1) is 8.09. The van der Waals surface area contributed by atoms with Gasteiger partial charge in [-0.25, -0.2) is 0 Å². The molecule has 0 amide bonds. The number of hydrogen-bond acceptors (Lipinski definition) is 2. The van der Waals surface area contributed by atoms with Crippen molar-refractivity contribution in [2.45, 2.75) is 32.6 Å². The predicted octanol–water partition coefficient (Wildman–Crippen LogP) is 1.43. The van der Waals surface area contributed by atoms with Crippen molar-refractivity contribution >= 4 is 6.92 Å². The third-order valence-corrected chi connectivity index (χ3v) is 1.83. The summed E-state index contributed by atoms with van der Waals surface area (Å²) in [7, 11) is 0. The molecule has 0 spiro atoms. The highest BCUT2D eigenvalue weighted by atomic mass is 16.6. The minimum absolute atomic E-state index is 0.417. The maximum absolute atomic E-state index is 5.54. The molecule has 58 valence electrons. The van der Waals surface area contributed by atoms with Crippen molar-refractivity contribution in [2.75, 3.05) is 13.2 Å². The lowest BCUT2D eigenvalue weighted by Gasteiger charge is -2.07. The van der Waals surface area contributed by atoms with Crippen LogP contribution in [0.3, 0.4) is 0 Å². The monoisotopic (exact) mass is 142 g/mol. The van der Waals surface area contributed by atoms with Gasteiger partial charge < -0.3 is 9.39 Å². The van der Waals surface area contributed by atoms with Gasteiger partial charge in [0.05, 0.1) is 13.2 Å². The molecular formula is C7H15BO2. The fourth-order valence-corrected chi connectivity index (χ4v) is 0.932. The van der Waals surface area contributed by atoms with Crippen molar-refractivity contribution in [3.8, 4) is 0 Å². The van der Waals surface area contributed by atoms with Gasteiger partial charge in [0.25, 0.3) is 6.92 Å². The Balaban J connectivity index is 1.97. The topological polar surface area (TPSA) is 21.8 Å². The zero-order valence-electron chi connectivity index (χ0n) is 6.80. The molecule has 0 saturated carbocycles. The lowest BCUT2D eigenvalue weighted by molar-refractivity contribution is 0.263. The zero-order valence-corrected chi connectivity index (χ0v) is 6.80. The molecule has 2 nitrogen and oxygen atoms in total. The van der Waals surface area contributed by atoms with Crippen molar-refractivity contribution in [3.63, 3.8) is 0 Å². The summed E-state index contributed by atoms with van der Waals surface area (Å²) in [6, 6.07) is 0. The molecule has 0 bridgehead atoms. The SMILES string of the molecule is CCB(CC)OCC1CO1. The Hall–Kier alpha value is -0.0151. The predicted molar refractivity (Wildman–Crippen MR) is 42.4 cm³/mol. The van der Waals surface area contributed by atoms with Gasteiger partial charge in [0.2, 0.25) is 0 Å². The van der Waals surface area contributed by atoms with E-state index >= 15 is 0 Å². The van der Waals surface area contributed by atoms with E-state index in [2.05, 4.69) is 13.8 Å². The van der Waals surface area contributed by atoms with Crippen LogP contribution in [0.1, 0.15) is 13.8 Å². The van der Waals surface area contributed by atoms with Gasteiger partial charge in [0.15, 0.2) is 0 Å². The van der Waals surface area contributed by atoms with Crippen molar-refractivity contribution in [3.05, 3.63) is 0 Å². The van der Waals surface area contributed by atoms with E-state index in [1.165, 1.54) is 0 Å². The van der Waals surface area contributed by atoms with Crippen LogP contribution < -0.4 is 0 Å². The molecule has 0 radical (unpaired) electrons. The van der Waals surface area contributed by atoms with E-state index in [1.807, 2.05) is 0 Å². The lowest BCUT2D eigenvalue weighted by Crippen LogP contribution is -2.18. The second-order valence-corrected chi connectivity index (χ2v) is 2.73. The average molecular weight is 142 g/mol. The van der Waals surface area contributed by atoms with Gasteiger partial charge in [-0.2, -0.15) is 0 Å². The van der Waals surface area contributed by atoms with Crippen LogP contribution in [0.4, 0.5) is 0 Å². The standard InChI is InChI=1S/C7H15BO2/c1-3-8(4-2)10-6-7-5-9-7/h7H,3-6H2,1-2H3. The molecule has 1 heterocycles. The first-order valence-electron chi connectivity index (χ1n) is 4.10. The van der Waals surface area contributed by atoms with E-state index in [1.54, 1.807) is 0 Å². The van der Waals surface area contributed by atoms with Crippen molar-refractivity contribution < 1.29 is 9.39 Å². The third-order valence-electron chi connectivity index (χ3n) is 1.83. The van der Waals surface area contributed by atoms with E-state index in [9.17, 15) is 0 Å². The summed E-state index contributed by atoms with van der Waals surface area (Å²) in [6.45, 7) is 6.46. The number of ether oxygens (including phenoxy) is 1. The highest BCUT2D eigenvalue weighted by Crippen LogP contribution is 2.10. The van der Waals surface area contributed by atoms with E-state index in [0.29, 0.717) is 13.0 Å². The summed E-state index contributed by atoms with van der Waals surface area (Å²) in [5.41, 5.74) is 0. The van der Waals surface area contributed by atoms with Crippen LogP contribution in [0.15, 0.2) is 0 Å². The molecule has 1 atom stereocenters.